The van der Waals surface area contributed by atoms with Crippen LogP contribution in [0.25, 0.3) is 0 Å². The molecule has 2 heterocycles. The number of aryl methyl sites for hydroxylation is 2. The number of methoxy groups -OCH3 is 1. The molecule has 2 aromatic rings. The molecule has 124 valence electrons. The molecule has 0 spiro atoms. The molecule has 0 radical (unpaired) electrons. The van der Waals surface area contributed by atoms with Crippen LogP contribution in [0.2, 0.25) is 0 Å². The van der Waals surface area contributed by atoms with E-state index in [2.05, 4.69) is 10.2 Å². The second-order valence-electron chi connectivity index (χ2n) is 5.80. The molecule has 0 bridgehead atoms. The smallest absolute Gasteiger partial charge is 0.243 e. The van der Waals surface area contributed by atoms with Crippen molar-refractivity contribution in [3.05, 3.63) is 42.0 Å². The minimum absolute atomic E-state index is 0.156. The lowest BCUT2D eigenvalue weighted by Crippen LogP contribution is -2.33. The van der Waals surface area contributed by atoms with Crippen molar-refractivity contribution in [2.45, 2.75) is 30.4 Å². The first kappa shape index (κ1) is 16.1. The van der Waals surface area contributed by atoms with Crippen LogP contribution < -0.4 is 0 Å². The van der Waals surface area contributed by atoms with Gasteiger partial charge >= 0.3 is 0 Å². The van der Waals surface area contributed by atoms with Crippen LogP contribution in [-0.4, -0.2) is 47.2 Å². The summed E-state index contributed by atoms with van der Waals surface area (Å²) in [6.45, 7) is 2.24. The van der Waals surface area contributed by atoms with E-state index in [0.717, 1.165) is 5.56 Å². The summed E-state index contributed by atoms with van der Waals surface area (Å²) in [6.07, 6.45) is 1.98. The van der Waals surface area contributed by atoms with E-state index >= 15 is 0 Å². The van der Waals surface area contributed by atoms with Crippen LogP contribution >= 0.6 is 0 Å². The lowest BCUT2D eigenvalue weighted by Gasteiger charge is -2.23. The third-order valence-corrected chi connectivity index (χ3v) is 6.11. The number of hydrogen-bond donors (Lipinski definition) is 0. The van der Waals surface area contributed by atoms with Gasteiger partial charge in [-0.15, -0.1) is 10.2 Å². The fourth-order valence-corrected chi connectivity index (χ4v) is 4.51. The molecule has 0 amide bonds. The first-order chi connectivity index (χ1) is 10.9. The fourth-order valence-electron chi connectivity index (χ4n) is 2.88. The van der Waals surface area contributed by atoms with Crippen LogP contribution in [0.5, 0.6) is 0 Å². The van der Waals surface area contributed by atoms with E-state index in [9.17, 15) is 8.42 Å². The van der Waals surface area contributed by atoms with Crippen LogP contribution in [0.15, 0.2) is 35.5 Å². The van der Waals surface area contributed by atoms with E-state index in [1.807, 2.05) is 14.0 Å². The van der Waals surface area contributed by atoms with Gasteiger partial charge in [-0.2, -0.15) is 4.31 Å². The maximum Gasteiger partial charge on any atom is 0.243 e. The monoisotopic (exact) mass is 336 g/mol. The zero-order valence-electron chi connectivity index (χ0n) is 13.4. The lowest BCUT2D eigenvalue weighted by molar-refractivity contribution is 0.114. The van der Waals surface area contributed by atoms with Gasteiger partial charge in [-0.1, -0.05) is 17.7 Å². The Morgan fingerprint density at radius 3 is 2.52 bits per heavy atom. The molecule has 1 aliphatic rings. The molecule has 7 nitrogen and oxygen atoms in total. The first-order valence-electron chi connectivity index (χ1n) is 7.38. The predicted octanol–water partition coefficient (Wildman–Crippen LogP) is 1.27. The Balaban J connectivity index is 2.01. The van der Waals surface area contributed by atoms with Gasteiger partial charge in [0.25, 0.3) is 0 Å². The van der Waals surface area contributed by atoms with Gasteiger partial charge in [-0.05, 0) is 25.5 Å². The average molecular weight is 336 g/mol. The van der Waals surface area contributed by atoms with Gasteiger partial charge in [0.1, 0.15) is 6.33 Å². The minimum atomic E-state index is -3.62. The fraction of sp³-hybridized carbons (Fsp3) is 0.467. The number of aromatic nitrogens is 3. The van der Waals surface area contributed by atoms with Crippen molar-refractivity contribution in [2.24, 2.45) is 7.05 Å². The van der Waals surface area contributed by atoms with Crippen LogP contribution in [-0.2, 0) is 21.8 Å². The van der Waals surface area contributed by atoms with Crippen molar-refractivity contribution in [2.75, 3.05) is 13.7 Å². The van der Waals surface area contributed by atoms with Gasteiger partial charge in [0.15, 0.2) is 5.82 Å². The van der Waals surface area contributed by atoms with E-state index in [-0.39, 0.29) is 17.0 Å². The summed E-state index contributed by atoms with van der Waals surface area (Å²) in [7, 11) is -0.209. The molecule has 3 rings (SSSR count). The van der Waals surface area contributed by atoms with Gasteiger partial charge in [0.2, 0.25) is 10.0 Å². The van der Waals surface area contributed by atoms with Crippen molar-refractivity contribution in [1.82, 2.24) is 19.1 Å². The highest BCUT2D eigenvalue weighted by molar-refractivity contribution is 7.89. The van der Waals surface area contributed by atoms with Crippen molar-refractivity contribution in [3.8, 4) is 0 Å². The molecule has 0 saturated carbocycles. The number of sulfonamides is 1. The van der Waals surface area contributed by atoms with Crippen molar-refractivity contribution < 1.29 is 13.2 Å². The van der Waals surface area contributed by atoms with Gasteiger partial charge in [-0.3, -0.25) is 0 Å². The molecule has 1 aromatic carbocycles. The summed E-state index contributed by atoms with van der Waals surface area (Å²) >= 11 is 0. The van der Waals surface area contributed by atoms with E-state index in [0.29, 0.717) is 18.8 Å². The molecule has 0 unspecified atom stereocenters. The Morgan fingerprint density at radius 1 is 1.26 bits per heavy atom. The highest BCUT2D eigenvalue weighted by atomic mass is 32.2. The third kappa shape index (κ3) is 2.89. The molecule has 1 saturated heterocycles. The molecular formula is C15H20N4O3S. The molecule has 0 N–H and O–H groups in total. The summed E-state index contributed by atoms with van der Waals surface area (Å²) in [5, 5.41) is 7.96. The predicted molar refractivity (Wildman–Crippen MR) is 84.2 cm³/mol. The van der Waals surface area contributed by atoms with E-state index in [1.165, 1.54) is 4.31 Å². The summed E-state index contributed by atoms with van der Waals surface area (Å²) in [5.41, 5.74) is 1.02. The molecule has 1 fully saturated rings. The highest BCUT2D eigenvalue weighted by Gasteiger charge is 2.43. The zero-order chi connectivity index (χ0) is 16.6. The molecule has 2 atom stereocenters. The number of nitrogens with zero attached hydrogens (tertiary/aromatic N) is 4. The summed E-state index contributed by atoms with van der Waals surface area (Å²) < 4.78 is 34.7. The average Bonchev–Trinajstić information content (AvgIpc) is 3.13. The van der Waals surface area contributed by atoms with Gasteiger partial charge in [0.05, 0.1) is 17.0 Å². The summed E-state index contributed by atoms with van der Waals surface area (Å²) in [4.78, 5) is 0.284. The van der Waals surface area contributed by atoms with Crippen molar-refractivity contribution in [3.63, 3.8) is 0 Å². The largest absolute Gasteiger partial charge is 0.380 e. The second-order valence-corrected chi connectivity index (χ2v) is 7.69. The maximum absolute atomic E-state index is 13.0. The number of rotatable bonds is 4. The standard InChI is InChI=1S/C15H20N4O3S/c1-11-4-6-13(7-5-11)23(20,21)19-9-12(22-3)8-14(19)15-17-16-10-18(15)2/h4-7,10,12,14H,8-9H2,1-3H3/t12-,14+/m1/s1. The van der Waals surface area contributed by atoms with Crippen LogP contribution in [0.3, 0.4) is 0 Å². The van der Waals surface area contributed by atoms with E-state index in [1.54, 1.807) is 42.3 Å². The normalized spacial score (nSPS) is 22.6. The van der Waals surface area contributed by atoms with Crippen LogP contribution in [0.4, 0.5) is 0 Å². The molecule has 1 aliphatic heterocycles. The first-order valence-corrected chi connectivity index (χ1v) is 8.82. The Kier molecular flexibility index (Phi) is 4.22. The van der Waals surface area contributed by atoms with E-state index < -0.39 is 10.0 Å². The molecular weight excluding hydrogens is 316 g/mol. The summed E-state index contributed by atoms with van der Waals surface area (Å²) in [6, 6.07) is 6.50. The van der Waals surface area contributed by atoms with Gasteiger partial charge < -0.3 is 9.30 Å². The third-order valence-electron chi connectivity index (χ3n) is 4.22. The Labute approximate surface area is 135 Å². The van der Waals surface area contributed by atoms with Crippen LogP contribution in [0.1, 0.15) is 23.9 Å². The van der Waals surface area contributed by atoms with Crippen molar-refractivity contribution >= 4 is 10.0 Å². The summed E-state index contributed by atoms with van der Waals surface area (Å²) in [5.74, 6) is 0.625. The van der Waals surface area contributed by atoms with Crippen molar-refractivity contribution in [1.29, 1.82) is 0 Å². The SMILES string of the molecule is CO[C@@H]1C[C@@H](c2nncn2C)N(S(=O)(=O)c2ccc(C)cc2)C1. The number of hydrogen-bond acceptors (Lipinski definition) is 5. The number of benzene rings is 1. The Bertz CT molecular complexity index is 785. The molecule has 1 aromatic heterocycles. The second kappa shape index (κ2) is 6.03. The highest BCUT2D eigenvalue weighted by Crippen LogP contribution is 2.36. The lowest BCUT2D eigenvalue weighted by atomic mass is 10.2. The minimum Gasteiger partial charge on any atom is -0.380 e. The molecule has 23 heavy (non-hydrogen) atoms. The molecule has 8 heteroatoms. The van der Waals surface area contributed by atoms with E-state index in [4.69, 9.17) is 4.74 Å². The van der Waals surface area contributed by atoms with Gasteiger partial charge in [0, 0.05) is 20.7 Å². The van der Waals surface area contributed by atoms with Crippen LogP contribution in [0, 0.1) is 6.92 Å². The maximum atomic E-state index is 13.0. The Hall–Kier alpha value is -1.77. The quantitative estimate of drug-likeness (QED) is 0.840. The molecule has 0 aliphatic carbocycles. The Morgan fingerprint density at radius 2 is 1.96 bits per heavy atom. The topological polar surface area (TPSA) is 77.3 Å². The van der Waals surface area contributed by atoms with Gasteiger partial charge in [-0.25, -0.2) is 8.42 Å². The number of ether oxygens (including phenoxy) is 1. The zero-order valence-corrected chi connectivity index (χ0v) is 14.2.